The van der Waals surface area contributed by atoms with E-state index < -0.39 is 18.5 Å². The molecule has 0 bridgehead atoms. The third-order valence-electron chi connectivity index (χ3n) is 3.39. The maximum atomic E-state index is 11.9. The first kappa shape index (κ1) is 17.3. The van der Waals surface area contributed by atoms with E-state index in [1.807, 2.05) is 24.3 Å². The van der Waals surface area contributed by atoms with Gasteiger partial charge in [-0.05, 0) is 30.3 Å². The Morgan fingerprint density at radius 1 is 1.12 bits per heavy atom. The van der Waals surface area contributed by atoms with E-state index in [9.17, 15) is 9.59 Å². The average molecular weight is 378 g/mol. The Hall–Kier alpha value is -2.57. The second-order valence-electron chi connectivity index (χ2n) is 5.20. The molecule has 1 heterocycles. The number of imidazole rings is 1. The standard InChI is InChI=1S/C17H13Cl2N3O3/c18-12-6-5-11(7-13(12)19)21-16(23)9-25-17(24)8-22-10-20-14-3-1-2-4-15(14)22/h1-7,10H,8-9H2,(H,21,23). The number of hydrogen-bond donors (Lipinski definition) is 1. The van der Waals surface area contributed by atoms with Crippen molar-refractivity contribution in [3.63, 3.8) is 0 Å². The maximum Gasteiger partial charge on any atom is 0.326 e. The molecule has 0 saturated heterocycles. The molecular formula is C17H13Cl2N3O3. The lowest BCUT2D eigenvalue weighted by atomic mass is 10.3. The van der Waals surface area contributed by atoms with Crippen molar-refractivity contribution in [3.05, 3.63) is 58.8 Å². The summed E-state index contributed by atoms with van der Waals surface area (Å²) in [4.78, 5) is 28.0. The number of carbonyl (C=O) groups is 2. The fourth-order valence-corrected chi connectivity index (χ4v) is 2.54. The predicted molar refractivity (Wildman–Crippen MR) is 95.8 cm³/mol. The predicted octanol–water partition coefficient (Wildman–Crippen LogP) is 3.53. The van der Waals surface area contributed by atoms with Crippen molar-refractivity contribution in [1.82, 2.24) is 9.55 Å². The Morgan fingerprint density at radius 2 is 1.92 bits per heavy atom. The summed E-state index contributed by atoms with van der Waals surface area (Å²) in [5, 5.41) is 3.29. The van der Waals surface area contributed by atoms with Gasteiger partial charge in [-0.15, -0.1) is 0 Å². The number of para-hydroxylation sites is 2. The smallest absolute Gasteiger partial charge is 0.326 e. The van der Waals surface area contributed by atoms with Crippen molar-refractivity contribution in [2.24, 2.45) is 0 Å². The third kappa shape index (κ3) is 4.29. The molecule has 1 amide bonds. The van der Waals surface area contributed by atoms with Crippen LogP contribution >= 0.6 is 23.2 Å². The van der Waals surface area contributed by atoms with Gasteiger partial charge < -0.3 is 14.6 Å². The number of halogens is 2. The molecule has 3 rings (SSSR count). The molecule has 0 radical (unpaired) electrons. The van der Waals surface area contributed by atoms with Crippen LogP contribution in [0.2, 0.25) is 10.0 Å². The van der Waals surface area contributed by atoms with Crippen LogP contribution < -0.4 is 5.32 Å². The molecule has 0 aliphatic heterocycles. The van der Waals surface area contributed by atoms with Crippen LogP contribution in [-0.4, -0.2) is 28.0 Å². The third-order valence-corrected chi connectivity index (χ3v) is 4.13. The first-order valence-corrected chi connectivity index (χ1v) is 8.09. The summed E-state index contributed by atoms with van der Waals surface area (Å²) in [6.07, 6.45) is 1.56. The molecule has 0 saturated carbocycles. The molecule has 25 heavy (non-hydrogen) atoms. The number of ether oxygens (including phenoxy) is 1. The number of nitrogens with zero attached hydrogens (tertiary/aromatic N) is 2. The van der Waals surface area contributed by atoms with E-state index >= 15 is 0 Å². The molecule has 0 spiro atoms. The molecule has 1 N–H and O–H groups in total. The SMILES string of the molecule is O=C(COC(=O)Cn1cnc2ccccc21)Nc1ccc(Cl)c(Cl)c1. The van der Waals surface area contributed by atoms with Crippen LogP contribution in [0.15, 0.2) is 48.8 Å². The van der Waals surface area contributed by atoms with Gasteiger partial charge in [0.2, 0.25) is 0 Å². The molecule has 8 heteroatoms. The first-order valence-electron chi connectivity index (χ1n) is 7.33. The Bertz CT molecular complexity index is 940. The summed E-state index contributed by atoms with van der Waals surface area (Å²) in [6, 6.07) is 12.1. The number of hydrogen-bond acceptors (Lipinski definition) is 4. The zero-order valence-corrected chi connectivity index (χ0v) is 14.4. The quantitative estimate of drug-likeness (QED) is 0.690. The second kappa shape index (κ2) is 7.55. The van der Waals surface area contributed by atoms with E-state index in [1.54, 1.807) is 23.0 Å². The summed E-state index contributed by atoms with van der Waals surface area (Å²) in [7, 11) is 0. The van der Waals surface area contributed by atoms with Crippen LogP contribution in [-0.2, 0) is 20.9 Å². The number of benzene rings is 2. The number of esters is 1. The number of carbonyl (C=O) groups excluding carboxylic acids is 2. The summed E-state index contributed by atoms with van der Waals surface area (Å²) >= 11 is 11.7. The number of rotatable bonds is 5. The minimum Gasteiger partial charge on any atom is -0.454 e. The lowest BCUT2D eigenvalue weighted by molar-refractivity contribution is -0.147. The molecule has 2 aromatic carbocycles. The molecule has 0 aliphatic rings. The van der Waals surface area contributed by atoms with Crippen molar-refractivity contribution in [2.45, 2.75) is 6.54 Å². The minimum absolute atomic E-state index is 0.0272. The van der Waals surface area contributed by atoms with Gasteiger partial charge in [-0.2, -0.15) is 0 Å². The van der Waals surface area contributed by atoms with Crippen molar-refractivity contribution >= 4 is 51.8 Å². The maximum absolute atomic E-state index is 11.9. The molecule has 6 nitrogen and oxygen atoms in total. The summed E-state index contributed by atoms with van der Waals surface area (Å²) < 4.78 is 6.65. The summed E-state index contributed by atoms with van der Waals surface area (Å²) in [5.41, 5.74) is 2.07. The van der Waals surface area contributed by atoms with Crippen molar-refractivity contribution < 1.29 is 14.3 Å². The highest BCUT2D eigenvalue weighted by Gasteiger charge is 2.11. The van der Waals surface area contributed by atoms with Crippen LogP contribution in [0.5, 0.6) is 0 Å². The van der Waals surface area contributed by atoms with Crippen LogP contribution in [0.1, 0.15) is 0 Å². The van der Waals surface area contributed by atoms with Gasteiger partial charge in [0.25, 0.3) is 5.91 Å². The van der Waals surface area contributed by atoms with E-state index in [4.69, 9.17) is 27.9 Å². The Morgan fingerprint density at radius 3 is 2.72 bits per heavy atom. The van der Waals surface area contributed by atoms with Gasteiger partial charge in [0.1, 0.15) is 6.54 Å². The molecule has 0 fully saturated rings. The lowest BCUT2D eigenvalue weighted by Crippen LogP contribution is -2.22. The highest BCUT2D eigenvalue weighted by Crippen LogP contribution is 2.24. The molecule has 128 valence electrons. The second-order valence-corrected chi connectivity index (χ2v) is 6.01. The Labute approximate surface area is 153 Å². The lowest BCUT2D eigenvalue weighted by Gasteiger charge is -2.08. The molecule has 1 aromatic heterocycles. The highest BCUT2D eigenvalue weighted by molar-refractivity contribution is 6.42. The van der Waals surface area contributed by atoms with E-state index in [-0.39, 0.29) is 6.54 Å². The van der Waals surface area contributed by atoms with Crippen molar-refractivity contribution in [2.75, 3.05) is 11.9 Å². The van der Waals surface area contributed by atoms with E-state index in [1.165, 1.54) is 6.07 Å². The summed E-state index contributed by atoms with van der Waals surface area (Å²) in [5.74, 6) is -1.00. The van der Waals surface area contributed by atoms with Crippen LogP contribution in [0.3, 0.4) is 0 Å². The Kier molecular flexibility index (Phi) is 5.21. The average Bonchev–Trinajstić information content (AvgIpc) is 2.99. The van der Waals surface area contributed by atoms with Gasteiger partial charge in [-0.25, -0.2) is 4.98 Å². The number of amides is 1. The van der Waals surface area contributed by atoms with Gasteiger partial charge in [0.05, 0.1) is 27.4 Å². The van der Waals surface area contributed by atoms with E-state index in [2.05, 4.69) is 10.3 Å². The first-order chi connectivity index (χ1) is 12.0. The molecule has 0 aliphatic carbocycles. The number of aromatic nitrogens is 2. The minimum atomic E-state index is -0.535. The van der Waals surface area contributed by atoms with E-state index in [0.717, 1.165) is 11.0 Å². The van der Waals surface area contributed by atoms with Gasteiger partial charge >= 0.3 is 5.97 Å². The van der Waals surface area contributed by atoms with Gasteiger partial charge in [0, 0.05) is 5.69 Å². The van der Waals surface area contributed by atoms with Gasteiger partial charge in [0.15, 0.2) is 6.61 Å². The van der Waals surface area contributed by atoms with E-state index in [0.29, 0.717) is 15.7 Å². The van der Waals surface area contributed by atoms with Gasteiger partial charge in [-0.1, -0.05) is 35.3 Å². The highest BCUT2D eigenvalue weighted by atomic mass is 35.5. The molecule has 3 aromatic rings. The monoisotopic (exact) mass is 377 g/mol. The van der Waals surface area contributed by atoms with Crippen molar-refractivity contribution in [3.8, 4) is 0 Å². The normalized spacial score (nSPS) is 10.6. The number of anilines is 1. The largest absolute Gasteiger partial charge is 0.454 e. The Balaban J connectivity index is 1.53. The molecule has 0 atom stereocenters. The fourth-order valence-electron chi connectivity index (χ4n) is 2.24. The van der Waals surface area contributed by atoms with Crippen molar-refractivity contribution in [1.29, 1.82) is 0 Å². The van der Waals surface area contributed by atoms with Gasteiger partial charge in [-0.3, -0.25) is 9.59 Å². The molecular weight excluding hydrogens is 365 g/mol. The number of fused-ring (bicyclic) bond motifs is 1. The van der Waals surface area contributed by atoms with Crippen LogP contribution in [0.25, 0.3) is 11.0 Å². The van der Waals surface area contributed by atoms with Crippen LogP contribution in [0, 0.1) is 0 Å². The fraction of sp³-hybridized carbons (Fsp3) is 0.118. The van der Waals surface area contributed by atoms with Crippen LogP contribution in [0.4, 0.5) is 5.69 Å². The number of nitrogens with one attached hydrogen (secondary N) is 1. The molecule has 0 unspecified atom stereocenters. The summed E-state index contributed by atoms with van der Waals surface area (Å²) in [6.45, 7) is -0.424. The zero-order valence-electron chi connectivity index (χ0n) is 12.9. The zero-order chi connectivity index (χ0) is 17.8. The topological polar surface area (TPSA) is 73.2 Å².